The van der Waals surface area contributed by atoms with E-state index in [0.29, 0.717) is 32.6 Å². The quantitative estimate of drug-likeness (QED) is 0.0998. The Bertz CT molecular complexity index is 2500. The van der Waals surface area contributed by atoms with Crippen molar-refractivity contribution in [3.05, 3.63) is 66.5 Å². The van der Waals surface area contributed by atoms with Gasteiger partial charge in [-0.05, 0) is 118 Å². The topological polar surface area (TPSA) is 225 Å². The summed E-state index contributed by atoms with van der Waals surface area (Å²) in [6.45, 7) is 19.7. The van der Waals surface area contributed by atoms with Gasteiger partial charge in [-0.15, -0.1) is 5.10 Å². The van der Waals surface area contributed by atoms with Gasteiger partial charge >= 0.3 is 5.97 Å². The molecule has 3 saturated heterocycles. The van der Waals surface area contributed by atoms with E-state index < -0.39 is 96.0 Å². The zero-order chi connectivity index (χ0) is 55.6. The number of aromatic nitrogens is 4. The normalized spacial score (nSPS) is 37.7. The number of cyclic esters (lactones) is 1. The highest BCUT2D eigenvalue weighted by Crippen LogP contribution is 2.41. The second-order valence-electron chi connectivity index (χ2n) is 23.2. The predicted molar refractivity (Wildman–Crippen MR) is 286 cm³/mol. The number of fused-ring (bicyclic) bond motifs is 1. The van der Waals surface area contributed by atoms with Gasteiger partial charge in [0.05, 0.1) is 61.4 Å². The van der Waals surface area contributed by atoms with Crippen LogP contribution in [0.5, 0.6) is 5.75 Å². The Morgan fingerprint density at radius 3 is 2.25 bits per heavy atom. The average molecular weight is 1070 g/mol. The van der Waals surface area contributed by atoms with Crippen LogP contribution in [0.25, 0.3) is 22.2 Å². The number of aryl methyl sites for hydroxylation is 2. The summed E-state index contributed by atoms with van der Waals surface area (Å²) in [5.74, 6) is -2.05. The van der Waals surface area contributed by atoms with Crippen LogP contribution in [-0.4, -0.2) is 186 Å². The van der Waals surface area contributed by atoms with Crippen LogP contribution < -0.4 is 4.74 Å². The first kappa shape index (κ1) is 59.6. The molecule has 19 heteroatoms. The molecule has 0 unspecified atom stereocenters. The second-order valence-corrected chi connectivity index (χ2v) is 23.2. The molecule has 4 aromatic rings. The number of carbonyl (C=O) groups is 1. The maximum absolute atomic E-state index is 14.7. The van der Waals surface area contributed by atoms with Gasteiger partial charge in [-0.2, -0.15) is 0 Å². The molecule has 2 aromatic carbocycles. The average Bonchev–Trinajstić information content (AvgIpc) is 4.03. The number of hydrogen-bond donors (Lipinski definition) is 5. The van der Waals surface area contributed by atoms with Crippen molar-refractivity contribution in [3.8, 4) is 17.0 Å². The third-order valence-corrected chi connectivity index (χ3v) is 16.8. The van der Waals surface area contributed by atoms with Crippen molar-refractivity contribution in [1.82, 2.24) is 29.4 Å². The summed E-state index contributed by atoms with van der Waals surface area (Å²) in [6.07, 6.45) is -5.01. The number of likely N-dealkylation sites (N-methyl/N-ethyl adjacent to an activating group) is 1. The van der Waals surface area contributed by atoms with Gasteiger partial charge in [-0.25, -0.2) is 0 Å². The summed E-state index contributed by atoms with van der Waals surface area (Å²) in [7, 11) is 6.95. The molecule has 18 atom stereocenters. The highest BCUT2D eigenvalue weighted by Gasteiger charge is 2.53. The van der Waals surface area contributed by atoms with Crippen LogP contribution in [-0.2, 0) is 52.8 Å². The molecule has 5 N–H and O–H groups in total. The molecular weight excluding hydrogens is 977 g/mol. The zero-order valence-electron chi connectivity index (χ0n) is 47.3. The molecule has 0 aliphatic carbocycles. The lowest BCUT2D eigenvalue weighted by molar-refractivity contribution is -0.318. The number of aliphatic hydroxyl groups is 5. The minimum Gasteiger partial charge on any atom is -0.497 e. The summed E-state index contributed by atoms with van der Waals surface area (Å²) in [5.41, 5.74) is -1.01. The van der Waals surface area contributed by atoms with Crippen LogP contribution >= 0.6 is 0 Å². The number of benzene rings is 2. The number of carbonyl (C=O) groups excluding carboxylic acids is 1. The molecule has 0 saturated carbocycles. The number of aliphatic hydroxyl groups excluding tert-OH is 3. The first-order chi connectivity index (χ1) is 35.8. The zero-order valence-corrected chi connectivity index (χ0v) is 47.3. The lowest BCUT2D eigenvalue weighted by Crippen LogP contribution is -2.60. The number of ether oxygens (including phenoxy) is 7. The molecule has 2 aromatic heterocycles. The van der Waals surface area contributed by atoms with Crippen molar-refractivity contribution >= 4 is 16.9 Å². The molecule has 0 radical (unpaired) electrons. The Morgan fingerprint density at radius 2 is 1.59 bits per heavy atom. The maximum atomic E-state index is 14.7. The van der Waals surface area contributed by atoms with Crippen molar-refractivity contribution in [1.29, 1.82) is 0 Å². The third-order valence-electron chi connectivity index (χ3n) is 16.8. The number of esters is 1. The molecule has 7 rings (SSSR count). The van der Waals surface area contributed by atoms with E-state index in [4.69, 9.17) is 33.2 Å². The van der Waals surface area contributed by atoms with E-state index in [1.165, 1.54) is 14.0 Å². The van der Waals surface area contributed by atoms with Gasteiger partial charge < -0.3 is 68.2 Å². The fourth-order valence-electron chi connectivity index (χ4n) is 12.1. The number of nitrogens with zero attached hydrogens (tertiary/aromatic N) is 6. The first-order valence-corrected chi connectivity index (χ1v) is 27.2. The largest absolute Gasteiger partial charge is 0.497 e. The molecule has 19 nitrogen and oxygen atoms in total. The van der Waals surface area contributed by atoms with E-state index in [9.17, 15) is 30.3 Å². The fraction of sp³-hybridized carbons (Fsp3) is 0.702. The van der Waals surface area contributed by atoms with E-state index in [2.05, 4.69) is 38.1 Å². The Kier molecular flexibility index (Phi) is 19.2. The Balaban J connectivity index is 1.18. The molecule has 3 fully saturated rings. The van der Waals surface area contributed by atoms with E-state index in [0.717, 1.165) is 33.5 Å². The standard InChI is InChI=1S/C57H88N6O13/c1-15-46-57(10,69)50(65)37(6)62(31-39-16-18-40(19-17-39)43-32-63(59-58-43)25-24-61-23-22-41-27-42(70-13)20-21-44(41)61)30-33(2)28-55(8,68)52(76-54-48(64)45(60(11)12)26-34(3)72-54)35(4)49(36(5)53(67)74-46)75-47-29-56(9,71-14)51(66)38(7)73-47/h16-23,27,32-38,45-52,54,64-66,68-69H,15,24-26,28-31H2,1-14H3/t33-,34-,35+,36-,37-,38+,45+,46-,47+,48-,49+,50-,51+,52-,54+,55-,56-,57-/m1/s1. The summed E-state index contributed by atoms with van der Waals surface area (Å²) >= 11 is 0. The molecule has 424 valence electrons. The van der Waals surface area contributed by atoms with Gasteiger partial charge in [0.25, 0.3) is 0 Å². The molecule has 76 heavy (non-hydrogen) atoms. The summed E-state index contributed by atoms with van der Waals surface area (Å²) in [5, 5.41) is 70.7. The van der Waals surface area contributed by atoms with Gasteiger partial charge in [-0.1, -0.05) is 50.3 Å². The Hall–Kier alpha value is -4.09. The van der Waals surface area contributed by atoms with Crippen LogP contribution in [0.4, 0.5) is 0 Å². The van der Waals surface area contributed by atoms with E-state index in [1.54, 1.807) is 41.7 Å². The molecule has 0 bridgehead atoms. The lowest BCUT2D eigenvalue weighted by Gasteiger charge is -2.48. The van der Waals surface area contributed by atoms with Crippen molar-refractivity contribution in [2.24, 2.45) is 17.8 Å². The van der Waals surface area contributed by atoms with Gasteiger partial charge in [-0.3, -0.25) is 14.4 Å². The fourth-order valence-corrected chi connectivity index (χ4v) is 12.1. The highest BCUT2D eigenvalue weighted by atomic mass is 16.7. The SMILES string of the molecule is CC[C@H]1OC(=O)[C@H](C)[C@@H](O[C@H]2C[C@@](C)(OC)[C@@H](O)[C@H](C)O2)[C@H](C)[C@@H](O[C@@H]2O[C@H](C)C[C@H](N(C)C)[C@H]2O)[C@](C)(O)C[C@@H](C)CN(Cc2ccc(-c3cn(CCn4ccc5cc(OC)ccc54)nn3)cc2)[C@H](C)[C@@H](O)[C@]1(C)O. The van der Waals surface area contributed by atoms with Crippen molar-refractivity contribution in [2.45, 2.75) is 205 Å². The minimum atomic E-state index is -1.92. The van der Waals surface area contributed by atoms with Crippen molar-refractivity contribution in [2.75, 3.05) is 34.9 Å². The monoisotopic (exact) mass is 1060 g/mol. The Labute approximate surface area is 449 Å². The Morgan fingerprint density at radius 1 is 0.882 bits per heavy atom. The number of methoxy groups -OCH3 is 2. The molecule has 0 amide bonds. The molecule has 3 aliphatic heterocycles. The van der Waals surface area contributed by atoms with Crippen LogP contribution in [0.1, 0.15) is 100 Å². The predicted octanol–water partition coefficient (Wildman–Crippen LogP) is 5.39. The van der Waals surface area contributed by atoms with Crippen LogP contribution in [0.2, 0.25) is 0 Å². The smallest absolute Gasteiger partial charge is 0.311 e. The maximum Gasteiger partial charge on any atom is 0.311 e. The number of rotatable bonds is 14. The lowest BCUT2D eigenvalue weighted by atomic mass is 9.77. The number of hydrogen-bond acceptors (Lipinski definition) is 17. The first-order valence-electron chi connectivity index (χ1n) is 27.2. The minimum absolute atomic E-state index is 0.104. The second kappa shape index (κ2) is 24.5. The molecular formula is C57H88N6O13. The van der Waals surface area contributed by atoms with Crippen LogP contribution in [0, 0.1) is 17.8 Å². The van der Waals surface area contributed by atoms with E-state index in [-0.39, 0.29) is 37.3 Å². The van der Waals surface area contributed by atoms with Gasteiger partial charge in [0, 0.05) is 73.8 Å². The van der Waals surface area contributed by atoms with Crippen LogP contribution in [0.15, 0.2) is 60.9 Å². The van der Waals surface area contributed by atoms with Gasteiger partial charge in [0.1, 0.15) is 41.5 Å². The summed E-state index contributed by atoms with van der Waals surface area (Å²) in [6, 6.07) is 15.1. The van der Waals surface area contributed by atoms with Crippen molar-refractivity contribution < 1.29 is 63.5 Å². The van der Waals surface area contributed by atoms with E-state index in [1.807, 2.05) is 94.0 Å². The van der Waals surface area contributed by atoms with E-state index >= 15 is 0 Å². The van der Waals surface area contributed by atoms with Gasteiger partial charge in [0.2, 0.25) is 0 Å². The molecule has 3 aliphatic rings. The third kappa shape index (κ3) is 13.1. The molecule has 0 spiro atoms. The summed E-state index contributed by atoms with van der Waals surface area (Å²) in [4.78, 5) is 18.7. The molecule has 5 heterocycles. The van der Waals surface area contributed by atoms with Crippen molar-refractivity contribution in [3.63, 3.8) is 0 Å². The van der Waals surface area contributed by atoms with Crippen LogP contribution in [0.3, 0.4) is 0 Å². The summed E-state index contributed by atoms with van der Waals surface area (Å²) < 4.78 is 47.8. The van der Waals surface area contributed by atoms with Gasteiger partial charge in [0.15, 0.2) is 12.6 Å². The highest BCUT2D eigenvalue weighted by molar-refractivity contribution is 5.81.